The average molecular weight is 558 g/mol. The highest BCUT2D eigenvalue weighted by molar-refractivity contribution is 5.97. The third kappa shape index (κ3) is 9.67. The van der Waals surface area contributed by atoms with E-state index in [1.165, 1.54) is 0 Å². The number of piperidine rings is 1. The lowest BCUT2D eigenvalue weighted by Crippen LogP contribution is -2.48. The molecule has 1 aliphatic heterocycles. The molecule has 1 saturated heterocycles. The van der Waals surface area contributed by atoms with Gasteiger partial charge < -0.3 is 19.5 Å². The normalized spacial score (nSPS) is 20.3. The summed E-state index contributed by atoms with van der Waals surface area (Å²) in [5, 5.41) is 3.36. The molecule has 8 nitrogen and oxygen atoms in total. The molecule has 8 heteroatoms. The van der Waals surface area contributed by atoms with E-state index in [2.05, 4.69) is 33.0 Å². The van der Waals surface area contributed by atoms with Gasteiger partial charge in [0.15, 0.2) is 5.78 Å². The van der Waals surface area contributed by atoms with Crippen molar-refractivity contribution in [2.24, 2.45) is 23.7 Å². The van der Waals surface area contributed by atoms with Crippen molar-refractivity contribution in [2.75, 3.05) is 51.5 Å². The minimum Gasteiger partial charge on any atom is -0.477 e. The molecule has 1 saturated carbocycles. The Bertz CT molecular complexity index is 975. The van der Waals surface area contributed by atoms with Crippen LogP contribution in [0.3, 0.4) is 0 Å². The Morgan fingerprint density at radius 3 is 2.52 bits per heavy atom. The number of pyridine rings is 1. The molecule has 1 aromatic rings. The van der Waals surface area contributed by atoms with Crippen molar-refractivity contribution in [1.82, 2.24) is 10.3 Å². The Morgan fingerprint density at radius 2 is 1.88 bits per heavy atom. The number of methoxy groups -OCH3 is 1. The number of nitrogens with one attached hydrogen (secondary N) is 1. The smallest absolute Gasteiger partial charge is 0.232 e. The monoisotopic (exact) mass is 557 g/mol. The largest absolute Gasteiger partial charge is 0.477 e. The summed E-state index contributed by atoms with van der Waals surface area (Å²) >= 11 is 0. The van der Waals surface area contributed by atoms with Gasteiger partial charge in [-0.1, -0.05) is 33.8 Å². The van der Waals surface area contributed by atoms with Gasteiger partial charge in [0.2, 0.25) is 11.8 Å². The molecule has 40 heavy (non-hydrogen) atoms. The minimum atomic E-state index is -0.274. The molecule has 0 bridgehead atoms. The number of hydrogen-bond acceptors (Lipinski definition) is 7. The number of anilines is 1. The molecule has 1 amide bonds. The van der Waals surface area contributed by atoms with Crippen LogP contribution in [0.4, 0.5) is 5.82 Å². The van der Waals surface area contributed by atoms with Gasteiger partial charge in [0.1, 0.15) is 5.82 Å². The molecule has 0 aromatic carbocycles. The molecule has 1 aliphatic carbocycles. The minimum absolute atomic E-state index is 0.0423. The second-order valence-electron chi connectivity index (χ2n) is 12.0. The average Bonchev–Trinajstić information content (AvgIpc) is 3.77. The number of allylic oxidation sites excluding steroid dienone is 1. The van der Waals surface area contributed by atoms with E-state index >= 15 is 0 Å². The topological polar surface area (TPSA) is 90.0 Å². The number of carbonyl (C=O) groups excluding carboxylic acids is 2. The maximum absolute atomic E-state index is 13.9. The number of ketones is 1. The summed E-state index contributed by atoms with van der Waals surface area (Å²) in [7, 11) is 1.68. The van der Waals surface area contributed by atoms with Crippen LogP contribution >= 0.6 is 0 Å². The van der Waals surface area contributed by atoms with Crippen LogP contribution < -0.4 is 15.0 Å². The van der Waals surface area contributed by atoms with Crippen LogP contribution in [0.2, 0.25) is 0 Å². The maximum atomic E-state index is 13.9. The number of carbonyl (C=O) groups is 2. The first-order chi connectivity index (χ1) is 19.2. The van der Waals surface area contributed by atoms with Crippen LogP contribution in [0.25, 0.3) is 0 Å². The summed E-state index contributed by atoms with van der Waals surface area (Å²) in [6, 6.07) is 4.13. The van der Waals surface area contributed by atoms with Crippen molar-refractivity contribution in [1.29, 1.82) is 0 Å². The highest BCUT2D eigenvalue weighted by atomic mass is 16.5. The van der Waals surface area contributed by atoms with E-state index in [0.29, 0.717) is 63.6 Å². The lowest BCUT2D eigenvalue weighted by atomic mass is 9.86. The Labute approximate surface area is 241 Å². The second-order valence-corrected chi connectivity index (χ2v) is 12.0. The van der Waals surface area contributed by atoms with Gasteiger partial charge in [0, 0.05) is 63.3 Å². The molecule has 3 rings (SSSR count). The highest BCUT2D eigenvalue weighted by Gasteiger charge is 2.40. The van der Waals surface area contributed by atoms with Crippen molar-refractivity contribution < 1.29 is 23.8 Å². The fraction of sp³-hybridized carbons (Fsp3) is 0.719. The summed E-state index contributed by atoms with van der Waals surface area (Å²) < 4.78 is 16.8. The van der Waals surface area contributed by atoms with Crippen LogP contribution in [-0.2, 0) is 19.1 Å². The quantitative estimate of drug-likeness (QED) is 0.209. The summed E-state index contributed by atoms with van der Waals surface area (Å²) in [6.07, 6.45) is 7.95. The number of aromatic nitrogens is 1. The van der Waals surface area contributed by atoms with Gasteiger partial charge in [-0.2, -0.15) is 4.98 Å². The van der Waals surface area contributed by atoms with E-state index in [-0.39, 0.29) is 41.4 Å². The van der Waals surface area contributed by atoms with Crippen LogP contribution in [0.1, 0.15) is 78.2 Å². The predicted octanol–water partition coefficient (Wildman–Crippen LogP) is 5.17. The van der Waals surface area contributed by atoms with Gasteiger partial charge in [-0.25, -0.2) is 0 Å². The van der Waals surface area contributed by atoms with Crippen molar-refractivity contribution in [2.45, 2.75) is 78.7 Å². The van der Waals surface area contributed by atoms with Crippen LogP contribution in [0, 0.1) is 23.7 Å². The van der Waals surface area contributed by atoms with Crippen LogP contribution in [0.15, 0.2) is 24.3 Å². The standard InChI is InChI=1S/C32H51N3O5/c1-7-39-21-24(17-22(2)3)9-13-29(36)25-18-26(20-33-19-25)32(37)35(27-10-11-27)30-14-12-28(23(4)5)31(34-30)40-16-8-15-38-6/h9,12-14,22-27,33H,7-8,10-11,15-21H2,1-6H3/b13-9+/t24?,25-,26+/m0/s1. The van der Waals surface area contributed by atoms with Gasteiger partial charge in [-0.15, -0.1) is 0 Å². The number of nitrogens with zero attached hydrogens (tertiary/aromatic N) is 2. The molecule has 1 unspecified atom stereocenters. The first-order valence-electron chi connectivity index (χ1n) is 15.2. The number of rotatable bonds is 17. The Balaban J connectivity index is 1.71. The molecule has 2 aliphatic rings. The molecule has 0 spiro atoms. The maximum Gasteiger partial charge on any atom is 0.232 e. The second kappa shape index (κ2) is 16.2. The fourth-order valence-corrected chi connectivity index (χ4v) is 5.30. The molecule has 2 fully saturated rings. The van der Waals surface area contributed by atoms with Gasteiger partial charge in [-0.05, 0) is 62.7 Å². The molecule has 1 aromatic heterocycles. The van der Waals surface area contributed by atoms with Gasteiger partial charge in [-0.3, -0.25) is 14.5 Å². The van der Waals surface area contributed by atoms with E-state index in [1.807, 2.05) is 30.0 Å². The van der Waals surface area contributed by atoms with Crippen molar-refractivity contribution in [3.8, 4) is 5.88 Å². The Morgan fingerprint density at radius 1 is 1.12 bits per heavy atom. The fourth-order valence-electron chi connectivity index (χ4n) is 5.30. The highest BCUT2D eigenvalue weighted by Crippen LogP contribution is 2.36. The van der Waals surface area contributed by atoms with E-state index in [9.17, 15) is 9.59 Å². The third-order valence-corrected chi connectivity index (χ3v) is 7.57. The van der Waals surface area contributed by atoms with Crippen LogP contribution in [-0.4, -0.2) is 69.3 Å². The zero-order valence-electron chi connectivity index (χ0n) is 25.5. The van der Waals surface area contributed by atoms with Crippen molar-refractivity contribution >= 4 is 17.5 Å². The first-order valence-corrected chi connectivity index (χ1v) is 15.2. The van der Waals surface area contributed by atoms with Gasteiger partial charge >= 0.3 is 0 Å². The van der Waals surface area contributed by atoms with E-state index < -0.39 is 0 Å². The van der Waals surface area contributed by atoms with Gasteiger partial charge in [0.25, 0.3) is 0 Å². The Kier molecular flexibility index (Phi) is 13.1. The first kappa shape index (κ1) is 32.2. The van der Waals surface area contributed by atoms with E-state index in [4.69, 9.17) is 19.2 Å². The zero-order valence-corrected chi connectivity index (χ0v) is 25.5. The molecule has 224 valence electrons. The van der Waals surface area contributed by atoms with E-state index in [1.54, 1.807) is 13.2 Å². The number of amides is 1. The third-order valence-electron chi connectivity index (χ3n) is 7.57. The summed E-state index contributed by atoms with van der Waals surface area (Å²) in [5.41, 5.74) is 1.03. The molecule has 2 heterocycles. The summed E-state index contributed by atoms with van der Waals surface area (Å²) in [6.45, 7) is 14.2. The van der Waals surface area contributed by atoms with Crippen molar-refractivity contribution in [3.63, 3.8) is 0 Å². The molecule has 1 N–H and O–H groups in total. The molecular formula is C32H51N3O5. The number of hydrogen-bond donors (Lipinski definition) is 1. The Hall–Kier alpha value is -2.29. The van der Waals surface area contributed by atoms with E-state index in [0.717, 1.165) is 31.2 Å². The molecule has 0 radical (unpaired) electrons. The lowest BCUT2D eigenvalue weighted by Gasteiger charge is -2.32. The van der Waals surface area contributed by atoms with Crippen molar-refractivity contribution in [3.05, 3.63) is 29.8 Å². The van der Waals surface area contributed by atoms with Crippen LogP contribution in [0.5, 0.6) is 5.88 Å². The SMILES string of the molecule is CCOCC(/C=C/C(=O)[C@@H]1CNC[C@H](C(=O)N(c2ccc(C(C)C)c(OCCCOC)n2)C2CC2)C1)CC(C)C. The molecular weight excluding hydrogens is 506 g/mol. The summed E-state index contributed by atoms with van der Waals surface area (Å²) in [4.78, 5) is 33.8. The summed E-state index contributed by atoms with van der Waals surface area (Å²) in [5.74, 6) is 1.85. The zero-order chi connectivity index (χ0) is 29.1. The lowest BCUT2D eigenvalue weighted by molar-refractivity contribution is -0.125. The molecule has 3 atom stereocenters. The van der Waals surface area contributed by atoms with Gasteiger partial charge in [0.05, 0.1) is 19.1 Å². The number of ether oxygens (including phenoxy) is 3. The predicted molar refractivity (Wildman–Crippen MR) is 159 cm³/mol.